The summed E-state index contributed by atoms with van der Waals surface area (Å²) in [5.41, 5.74) is 2.84. The maximum absolute atomic E-state index is 14.0. The number of sulfonamides is 1. The second-order valence-corrected chi connectivity index (χ2v) is 10.0. The first-order valence-corrected chi connectivity index (χ1v) is 12.7. The molecule has 0 unspecified atom stereocenters. The van der Waals surface area contributed by atoms with Gasteiger partial charge in [-0.2, -0.15) is 0 Å². The highest BCUT2D eigenvalue weighted by atomic mass is 32.2. The van der Waals surface area contributed by atoms with Crippen molar-refractivity contribution in [1.82, 2.24) is 4.72 Å². The lowest BCUT2D eigenvalue weighted by atomic mass is 9.82. The lowest BCUT2D eigenvalue weighted by Crippen LogP contribution is -2.35. The van der Waals surface area contributed by atoms with Crippen LogP contribution in [0.4, 0.5) is 0 Å². The molecule has 0 saturated heterocycles. The van der Waals surface area contributed by atoms with Crippen molar-refractivity contribution in [3.05, 3.63) is 131 Å². The Balaban J connectivity index is 1.83. The molecule has 0 heterocycles. The molecule has 0 aliphatic rings. The van der Waals surface area contributed by atoms with E-state index in [0.29, 0.717) is 22.4 Å². The number of rotatable bonds is 9. The van der Waals surface area contributed by atoms with Crippen molar-refractivity contribution in [2.75, 3.05) is 7.11 Å². The van der Waals surface area contributed by atoms with Crippen molar-refractivity contribution in [2.24, 2.45) is 0 Å². The summed E-state index contributed by atoms with van der Waals surface area (Å²) in [4.78, 5) is 14.1. The molecule has 5 nitrogen and oxygen atoms in total. The molecule has 0 radical (unpaired) electrons. The molecular formula is C29H27NO4S. The van der Waals surface area contributed by atoms with E-state index in [0.717, 1.165) is 5.56 Å². The SMILES string of the molecule is COc1ccc(C(=O)[C@@H](c2ccccc2)[C@H](NS(=O)(=O)c2ccc(C)cc2)c2ccccc2)cc1. The Morgan fingerprint density at radius 1 is 0.743 bits per heavy atom. The van der Waals surface area contributed by atoms with Crippen LogP contribution in [0.3, 0.4) is 0 Å². The maximum atomic E-state index is 14.0. The molecule has 0 spiro atoms. The molecule has 35 heavy (non-hydrogen) atoms. The Morgan fingerprint density at radius 3 is 1.83 bits per heavy atom. The Kier molecular flexibility index (Phi) is 7.44. The van der Waals surface area contributed by atoms with Gasteiger partial charge in [-0.1, -0.05) is 78.4 Å². The van der Waals surface area contributed by atoms with Crippen LogP contribution in [0, 0.1) is 6.92 Å². The molecule has 0 aliphatic carbocycles. The molecule has 0 aliphatic heterocycles. The Bertz CT molecular complexity index is 1370. The van der Waals surface area contributed by atoms with Crippen molar-refractivity contribution in [3.63, 3.8) is 0 Å². The molecular weight excluding hydrogens is 458 g/mol. The number of ketones is 1. The molecule has 1 N–H and O–H groups in total. The summed E-state index contributed by atoms with van der Waals surface area (Å²) in [5.74, 6) is -0.357. The molecule has 0 fully saturated rings. The topological polar surface area (TPSA) is 72.5 Å². The van der Waals surface area contributed by atoms with Gasteiger partial charge < -0.3 is 4.74 Å². The average Bonchev–Trinajstić information content (AvgIpc) is 2.89. The van der Waals surface area contributed by atoms with Gasteiger partial charge in [0.05, 0.1) is 24.0 Å². The largest absolute Gasteiger partial charge is 0.497 e. The highest BCUT2D eigenvalue weighted by Crippen LogP contribution is 2.35. The standard InChI is InChI=1S/C29H27NO4S/c1-21-13-19-26(20-14-21)35(32,33)30-28(23-11-7-4-8-12-23)27(22-9-5-3-6-10-22)29(31)24-15-17-25(34-2)18-16-24/h3-20,27-28,30H,1-2H3/t27-,28+/m0/s1. The van der Waals surface area contributed by atoms with Gasteiger partial charge >= 0.3 is 0 Å². The molecule has 0 bridgehead atoms. The van der Waals surface area contributed by atoms with Crippen LogP contribution >= 0.6 is 0 Å². The van der Waals surface area contributed by atoms with Gasteiger partial charge in [0.1, 0.15) is 5.75 Å². The third-order valence-electron chi connectivity index (χ3n) is 5.92. The lowest BCUT2D eigenvalue weighted by molar-refractivity contribution is 0.0944. The van der Waals surface area contributed by atoms with Crippen LogP contribution in [-0.2, 0) is 10.0 Å². The minimum absolute atomic E-state index is 0.146. The highest BCUT2D eigenvalue weighted by molar-refractivity contribution is 7.89. The first kappa shape index (κ1) is 24.4. The van der Waals surface area contributed by atoms with Crippen LogP contribution in [-0.4, -0.2) is 21.3 Å². The van der Waals surface area contributed by atoms with Crippen molar-refractivity contribution < 1.29 is 17.9 Å². The number of carbonyl (C=O) groups is 1. The molecule has 0 aromatic heterocycles. The van der Waals surface area contributed by atoms with E-state index in [1.807, 2.05) is 67.6 Å². The van der Waals surface area contributed by atoms with E-state index >= 15 is 0 Å². The third-order valence-corrected chi connectivity index (χ3v) is 7.38. The highest BCUT2D eigenvalue weighted by Gasteiger charge is 2.35. The summed E-state index contributed by atoms with van der Waals surface area (Å²) in [7, 11) is -2.36. The Hall–Kier alpha value is -3.74. The van der Waals surface area contributed by atoms with Crippen LogP contribution in [0.25, 0.3) is 0 Å². The number of methoxy groups -OCH3 is 1. The summed E-state index contributed by atoms with van der Waals surface area (Å²) in [6.07, 6.45) is 0. The zero-order chi connectivity index (χ0) is 24.8. The van der Waals surface area contributed by atoms with Gasteiger partial charge in [0, 0.05) is 5.56 Å². The molecule has 4 rings (SSSR count). The van der Waals surface area contributed by atoms with Gasteiger partial charge in [0.2, 0.25) is 10.0 Å². The number of hydrogen-bond donors (Lipinski definition) is 1. The van der Waals surface area contributed by atoms with Crippen molar-refractivity contribution in [2.45, 2.75) is 23.8 Å². The van der Waals surface area contributed by atoms with Crippen LogP contribution in [0.2, 0.25) is 0 Å². The number of benzene rings is 4. The fourth-order valence-electron chi connectivity index (χ4n) is 4.03. The van der Waals surface area contributed by atoms with Gasteiger partial charge in [-0.3, -0.25) is 4.79 Å². The van der Waals surface area contributed by atoms with Gasteiger partial charge in [0.25, 0.3) is 0 Å². The number of Topliss-reactive ketones (excluding diaryl/α,β-unsaturated/α-hetero) is 1. The normalized spacial score (nSPS) is 13.1. The summed E-state index contributed by atoms with van der Waals surface area (Å²) < 4.78 is 35.0. The first-order chi connectivity index (χ1) is 16.9. The smallest absolute Gasteiger partial charge is 0.241 e. The Labute approximate surface area is 206 Å². The van der Waals surface area contributed by atoms with Crippen LogP contribution in [0.1, 0.15) is 39.0 Å². The monoisotopic (exact) mass is 485 g/mol. The summed E-state index contributed by atoms with van der Waals surface area (Å²) >= 11 is 0. The number of carbonyl (C=O) groups excluding carboxylic acids is 1. The molecule has 178 valence electrons. The van der Waals surface area contributed by atoms with E-state index in [-0.39, 0.29) is 10.7 Å². The zero-order valence-corrected chi connectivity index (χ0v) is 20.4. The van der Waals surface area contributed by atoms with Crippen molar-refractivity contribution >= 4 is 15.8 Å². The molecule has 6 heteroatoms. The fourth-order valence-corrected chi connectivity index (χ4v) is 5.27. The minimum atomic E-state index is -3.93. The van der Waals surface area contributed by atoms with E-state index in [2.05, 4.69) is 4.72 Å². The molecule has 4 aromatic carbocycles. The Morgan fingerprint density at radius 2 is 1.29 bits per heavy atom. The first-order valence-electron chi connectivity index (χ1n) is 11.3. The maximum Gasteiger partial charge on any atom is 0.241 e. The molecule has 0 saturated carbocycles. The summed E-state index contributed by atoms with van der Waals surface area (Å²) in [6.45, 7) is 1.90. The van der Waals surface area contributed by atoms with Gasteiger partial charge in [-0.25, -0.2) is 13.1 Å². The minimum Gasteiger partial charge on any atom is -0.497 e. The van der Waals surface area contributed by atoms with Crippen LogP contribution < -0.4 is 9.46 Å². The zero-order valence-electron chi connectivity index (χ0n) is 19.6. The lowest BCUT2D eigenvalue weighted by Gasteiger charge is -2.28. The molecule has 4 aromatic rings. The van der Waals surface area contributed by atoms with Crippen LogP contribution in [0.5, 0.6) is 5.75 Å². The average molecular weight is 486 g/mol. The number of nitrogens with one attached hydrogen (secondary N) is 1. The summed E-state index contributed by atoms with van der Waals surface area (Å²) in [6, 6.07) is 31.1. The molecule has 2 atom stereocenters. The fraction of sp³-hybridized carbons (Fsp3) is 0.138. The number of aryl methyl sites for hydroxylation is 1. The second-order valence-electron chi connectivity index (χ2n) is 8.30. The molecule has 0 amide bonds. The van der Waals surface area contributed by atoms with E-state index < -0.39 is 22.0 Å². The predicted molar refractivity (Wildman–Crippen MR) is 137 cm³/mol. The number of hydrogen-bond acceptors (Lipinski definition) is 4. The van der Waals surface area contributed by atoms with Gasteiger partial charge in [0.15, 0.2) is 5.78 Å². The third kappa shape index (κ3) is 5.67. The quantitative estimate of drug-likeness (QED) is 0.309. The van der Waals surface area contributed by atoms with E-state index in [9.17, 15) is 13.2 Å². The van der Waals surface area contributed by atoms with E-state index in [4.69, 9.17) is 4.74 Å². The second kappa shape index (κ2) is 10.7. The predicted octanol–water partition coefficient (Wildman–Crippen LogP) is 5.69. The van der Waals surface area contributed by atoms with Crippen LogP contribution in [0.15, 0.2) is 114 Å². The number of ether oxygens (including phenoxy) is 1. The van der Waals surface area contributed by atoms with Gasteiger partial charge in [-0.15, -0.1) is 0 Å². The van der Waals surface area contributed by atoms with Gasteiger partial charge in [-0.05, 0) is 54.4 Å². The van der Waals surface area contributed by atoms with E-state index in [1.165, 1.54) is 0 Å². The van der Waals surface area contributed by atoms with Crippen molar-refractivity contribution in [3.8, 4) is 5.75 Å². The summed E-state index contributed by atoms with van der Waals surface area (Å²) in [5, 5.41) is 0. The van der Waals surface area contributed by atoms with E-state index in [1.54, 1.807) is 55.6 Å². The van der Waals surface area contributed by atoms with Crippen molar-refractivity contribution in [1.29, 1.82) is 0 Å².